The standard InChI is InChI=1S/C23H26BrN5O2/c1-2-18-17(24)12-29-13-19(26-23(29)25-18)22(31)28-10-8-20(21(30)14-28)27-9-7-15-5-3-4-6-16(15)11-27/h3-6,12-13,20-21,30H,2,7-11,14H2,1H3. The molecule has 162 valence electrons. The predicted octanol–water partition coefficient (Wildman–Crippen LogP) is 2.69. The molecule has 2 atom stereocenters. The molecule has 7 nitrogen and oxygen atoms in total. The van der Waals surface area contributed by atoms with Gasteiger partial charge in [0.25, 0.3) is 5.91 Å². The summed E-state index contributed by atoms with van der Waals surface area (Å²) in [5, 5.41) is 10.9. The maximum Gasteiger partial charge on any atom is 0.274 e. The Kier molecular flexibility index (Phi) is 5.54. The highest BCUT2D eigenvalue weighted by atomic mass is 79.9. The van der Waals surface area contributed by atoms with E-state index in [0.29, 0.717) is 24.6 Å². The largest absolute Gasteiger partial charge is 0.390 e. The lowest BCUT2D eigenvalue weighted by atomic mass is 9.94. The second-order valence-corrected chi connectivity index (χ2v) is 9.24. The first-order valence-corrected chi connectivity index (χ1v) is 11.6. The number of rotatable bonds is 3. The molecule has 2 unspecified atom stereocenters. The van der Waals surface area contributed by atoms with Crippen molar-refractivity contribution in [3.63, 3.8) is 0 Å². The summed E-state index contributed by atoms with van der Waals surface area (Å²) < 4.78 is 2.67. The molecule has 5 rings (SSSR count). The fourth-order valence-corrected chi connectivity index (χ4v) is 5.37. The summed E-state index contributed by atoms with van der Waals surface area (Å²) in [6, 6.07) is 8.60. The van der Waals surface area contributed by atoms with Crippen LogP contribution in [0.3, 0.4) is 0 Å². The molecule has 2 aromatic heterocycles. The molecule has 1 fully saturated rings. The van der Waals surface area contributed by atoms with Gasteiger partial charge in [0.05, 0.1) is 16.3 Å². The number of hydrogen-bond donors (Lipinski definition) is 1. The Morgan fingerprint density at radius 3 is 2.77 bits per heavy atom. The van der Waals surface area contributed by atoms with E-state index in [1.54, 1.807) is 15.5 Å². The highest BCUT2D eigenvalue weighted by Crippen LogP contribution is 2.26. The Hall–Kier alpha value is -2.29. The smallest absolute Gasteiger partial charge is 0.274 e. The number of aliphatic hydroxyl groups is 1. The van der Waals surface area contributed by atoms with Crippen LogP contribution in [-0.4, -0.2) is 67.0 Å². The Bertz CT molecular complexity index is 1130. The molecular weight excluding hydrogens is 458 g/mol. The van der Waals surface area contributed by atoms with Crippen molar-refractivity contribution >= 4 is 27.6 Å². The van der Waals surface area contributed by atoms with Crippen molar-refractivity contribution in [2.45, 2.75) is 44.9 Å². The zero-order valence-electron chi connectivity index (χ0n) is 17.5. The van der Waals surface area contributed by atoms with Crippen LogP contribution in [0.5, 0.6) is 0 Å². The summed E-state index contributed by atoms with van der Waals surface area (Å²) in [5.41, 5.74) is 4.02. The van der Waals surface area contributed by atoms with Crippen molar-refractivity contribution < 1.29 is 9.90 Å². The van der Waals surface area contributed by atoms with Gasteiger partial charge in [0.1, 0.15) is 5.69 Å². The van der Waals surface area contributed by atoms with Crippen LogP contribution in [0.15, 0.2) is 41.1 Å². The minimum Gasteiger partial charge on any atom is -0.390 e. The predicted molar refractivity (Wildman–Crippen MR) is 121 cm³/mol. The number of piperidine rings is 1. The van der Waals surface area contributed by atoms with Crippen molar-refractivity contribution in [2.75, 3.05) is 19.6 Å². The lowest BCUT2D eigenvalue weighted by Gasteiger charge is -2.43. The lowest BCUT2D eigenvalue weighted by molar-refractivity contribution is -0.0139. The van der Waals surface area contributed by atoms with Gasteiger partial charge in [0.15, 0.2) is 0 Å². The monoisotopic (exact) mass is 483 g/mol. The van der Waals surface area contributed by atoms with Gasteiger partial charge in [-0.1, -0.05) is 31.2 Å². The van der Waals surface area contributed by atoms with Crippen LogP contribution >= 0.6 is 15.9 Å². The van der Waals surface area contributed by atoms with E-state index in [1.165, 1.54) is 11.1 Å². The summed E-state index contributed by atoms with van der Waals surface area (Å²) in [5.74, 6) is 0.368. The van der Waals surface area contributed by atoms with E-state index in [9.17, 15) is 9.90 Å². The maximum atomic E-state index is 13.1. The molecule has 8 heteroatoms. The highest BCUT2D eigenvalue weighted by molar-refractivity contribution is 9.10. The van der Waals surface area contributed by atoms with Crippen LogP contribution in [0, 0.1) is 0 Å². The Morgan fingerprint density at radius 2 is 2.00 bits per heavy atom. The van der Waals surface area contributed by atoms with Gasteiger partial charge < -0.3 is 10.0 Å². The van der Waals surface area contributed by atoms with E-state index < -0.39 is 6.10 Å². The third-order valence-electron chi connectivity index (χ3n) is 6.49. The van der Waals surface area contributed by atoms with Crippen molar-refractivity contribution in [1.29, 1.82) is 0 Å². The van der Waals surface area contributed by atoms with Crippen LogP contribution in [0.2, 0.25) is 0 Å². The molecule has 4 heterocycles. The number of carbonyl (C=O) groups excluding carboxylic acids is 1. The summed E-state index contributed by atoms with van der Waals surface area (Å²) in [6.07, 6.45) is 5.58. The highest BCUT2D eigenvalue weighted by Gasteiger charge is 2.35. The number of fused-ring (bicyclic) bond motifs is 2. The Balaban J connectivity index is 1.28. The summed E-state index contributed by atoms with van der Waals surface area (Å²) in [7, 11) is 0. The number of likely N-dealkylation sites (tertiary alicyclic amines) is 1. The minimum atomic E-state index is -0.570. The Labute approximate surface area is 189 Å². The lowest BCUT2D eigenvalue weighted by Crippen LogP contribution is -2.56. The number of benzene rings is 1. The molecule has 2 aliphatic heterocycles. The van der Waals surface area contributed by atoms with Gasteiger partial charge in [-0.2, -0.15) is 0 Å². The number of carbonyl (C=O) groups is 1. The molecule has 0 radical (unpaired) electrons. The van der Waals surface area contributed by atoms with Crippen molar-refractivity contribution in [3.8, 4) is 0 Å². The van der Waals surface area contributed by atoms with Crippen LogP contribution in [0.25, 0.3) is 5.78 Å². The zero-order valence-corrected chi connectivity index (χ0v) is 19.1. The molecule has 1 N–H and O–H groups in total. The second-order valence-electron chi connectivity index (χ2n) is 8.39. The Morgan fingerprint density at radius 1 is 1.19 bits per heavy atom. The quantitative estimate of drug-likeness (QED) is 0.619. The van der Waals surface area contributed by atoms with E-state index in [-0.39, 0.29) is 11.9 Å². The van der Waals surface area contributed by atoms with Gasteiger partial charge in [0.2, 0.25) is 5.78 Å². The van der Waals surface area contributed by atoms with E-state index >= 15 is 0 Å². The number of halogens is 1. The van der Waals surface area contributed by atoms with Crippen molar-refractivity contribution in [1.82, 2.24) is 24.2 Å². The maximum absolute atomic E-state index is 13.1. The van der Waals surface area contributed by atoms with Gasteiger partial charge >= 0.3 is 0 Å². The van der Waals surface area contributed by atoms with Gasteiger partial charge in [-0.15, -0.1) is 0 Å². The number of nitrogens with zero attached hydrogens (tertiary/aromatic N) is 5. The summed E-state index contributed by atoms with van der Waals surface area (Å²) in [6.45, 7) is 4.78. The molecule has 0 aliphatic carbocycles. The number of hydrogen-bond acceptors (Lipinski definition) is 5. The first kappa shape index (κ1) is 20.6. The van der Waals surface area contributed by atoms with Gasteiger partial charge in [-0.3, -0.25) is 14.1 Å². The number of aryl methyl sites for hydroxylation is 1. The molecule has 1 amide bonds. The van der Waals surface area contributed by atoms with Crippen molar-refractivity contribution in [3.05, 3.63) is 63.6 Å². The van der Waals surface area contributed by atoms with Crippen LogP contribution in [-0.2, 0) is 19.4 Å². The molecule has 0 bridgehead atoms. The van der Waals surface area contributed by atoms with Crippen LogP contribution < -0.4 is 0 Å². The van der Waals surface area contributed by atoms with E-state index in [0.717, 1.165) is 42.5 Å². The van der Waals surface area contributed by atoms with Gasteiger partial charge in [0, 0.05) is 44.6 Å². The fraction of sp³-hybridized carbons (Fsp3) is 0.435. The van der Waals surface area contributed by atoms with E-state index in [1.807, 2.05) is 13.1 Å². The topological polar surface area (TPSA) is 74.0 Å². The SMILES string of the molecule is CCc1nc2nc(C(=O)N3CCC(N4CCc5ccccc5C4)C(O)C3)cn2cc1Br. The molecule has 3 aromatic rings. The molecule has 31 heavy (non-hydrogen) atoms. The summed E-state index contributed by atoms with van der Waals surface area (Å²) >= 11 is 3.52. The normalized spacial score (nSPS) is 22.0. The third kappa shape index (κ3) is 3.88. The van der Waals surface area contributed by atoms with Gasteiger partial charge in [-0.05, 0) is 46.3 Å². The molecule has 0 saturated carbocycles. The van der Waals surface area contributed by atoms with E-state index in [2.05, 4.69) is 55.1 Å². The van der Waals surface area contributed by atoms with Crippen LogP contribution in [0.4, 0.5) is 0 Å². The first-order valence-electron chi connectivity index (χ1n) is 10.9. The zero-order chi connectivity index (χ0) is 21.5. The fourth-order valence-electron chi connectivity index (χ4n) is 4.78. The number of amides is 1. The van der Waals surface area contributed by atoms with Gasteiger partial charge in [-0.25, -0.2) is 9.97 Å². The van der Waals surface area contributed by atoms with Crippen LogP contribution in [0.1, 0.15) is 40.7 Å². The second kappa shape index (κ2) is 8.33. The number of imidazole rings is 1. The minimum absolute atomic E-state index is 0.0724. The molecular formula is C23H26BrN5O2. The number of aliphatic hydroxyl groups excluding tert-OH is 1. The summed E-state index contributed by atoms with van der Waals surface area (Å²) in [4.78, 5) is 26.1. The molecule has 1 saturated heterocycles. The average molecular weight is 484 g/mol. The number of aromatic nitrogens is 3. The van der Waals surface area contributed by atoms with E-state index in [4.69, 9.17) is 0 Å². The third-order valence-corrected chi connectivity index (χ3v) is 7.16. The molecule has 0 spiro atoms. The first-order chi connectivity index (χ1) is 15.0. The van der Waals surface area contributed by atoms with Crippen molar-refractivity contribution in [2.24, 2.45) is 0 Å². The average Bonchev–Trinajstić information content (AvgIpc) is 3.20. The molecule has 1 aromatic carbocycles. The number of β-amino-alcohol motifs (C(OH)–C–C–N with tert-alkyl or cyclic N) is 1. The molecule has 2 aliphatic rings.